The van der Waals surface area contributed by atoms with Crippen molar-refractivity contribution >= 4 is 27.5 Å². The zero-order valence-corrected chi connectivity index (χ0v) is 7.59. The number of hydrogen-bond acceptors (Lipinski definition) is 0. The van der Waals surface area contributed by atoms with Crippen molar-refractivity contribution in [2.45, 2.75) is 6.92 Å². The molecule has 0 aliphatic heterocycles. The van der Waals surface area contributed by atoms with E-state index in [1.165, 1.54) is 0 Å². The first-order valence-corrected chi connectivity index (χ1v) is 3.58. The van der Waals surface area contributed by atoms with E-state index in [1.54, 1.807) is 0 Å². The maximum absolute atomic E-state index is 5.52. The van der Waals surface area contributed by atoms with E-state index < -0.39 is 0 Å². The third-order valence-corrected chi connectivity index (χ3v) is 1.77. The van der Waals surface area contributed by atoms with Crippen LogP contribution in [0.2, 0.25) is 0 Å². The fourth-order valence-corrected chi connectivity index (χ4v) is 0.740. The highest BCUT2D eigenvalue weighted by Crippen LogP contribution is 2.19. The molecule has 0 aliphatic carbocycles. The average Bonchev–Trinajstić information content (AvgIpc) is 1.63. The van der Waals surface area contributed by atoms with Crippen molar-refractivity contribution in [3.8, 4) is 0 Å². The van der Waals surface area contributed by atoms with Gasteiger partial charge in [0, 0.05) is 9.51 Å². The molecule has 0 aromatic heterocycles. The van der Waals surface area contributed by atoms with Crippen LogP contribution < -0.4 is 0 Å². The van der Waals surface area contributed by atoms with E-state index in [2.05, 4.69) is 29.1 Å². The maximum atomic E-state index is 5.52. The van der Waals surface area contributed by atoms with Gasteiger partial charge in [0.15, 0.2) is 0 Å². The molecule has 0 radical (unpaired) electrons. The lowest BCUT2D eigenvalue weighted by Gasteiger charge is -1.91. The van der Waals surface area contributed by atoms with Gasteiger partial charge in [-0.25, -0.2) is 0 Å². The van der Waals surface area contributed by atoms with Crippen molar-refractivity contribution in [1.82, 2.24) is 0 Å². The molecule has 0 fully saturated rings. The van der Waals surface area contributed by atoms with Crippen molar-refractivity contribution in [3.63, 3.8) is 0 Å². The van der Waals surface area contributed by atoms with E-state index in [0.29, 0.717) is 5.03 Å². The lowest BCUT2D eigenvalue weighted by molar-refractivity contribution is 1.55. The van der Waals surface area contributed by atoms with Crippen molar-refractivity contribution in [2.24, 2.45) is 0 Å². The quantitative estimate of drug-likeness (QED) is 0.607. The van der Waals surface area contributed by atoms with E-state index in [1.807, 2.05) is 13.0 Å². The summed E-state index contributed by atoms with van der Waals surface area (Å²) in [4.78, 5) is 0. The predicted molar refractivity (Wildman–Crippen MR) is 46.8 cm³/mol. The summed E-state index contributed by atoms with van der Waals surface area (Å²) in [5.41, 5.74) is 0.948. The van der Waals surface area contributed by atoms with Gasteiger partial charge in [-0.2, -0.15) is 0 Å². The van der Waals surface area contributed by atoms with Crippen molar-refractivity contribution in [2.75, 3.05) is 0 Å². The molecule has 0 nitrogen and oxygen atoms in total. The highest BCUT2D eigenvalue weighted by molar-refractivity contribution is 9.12. The summed E-state index contributed by atoms with van der Waals surface area (Å²) >= 11 is 8.73. The minimum Gasteiger partial charge on any atom is -0.0961 e. The topological polar surface area (TPSA) is 0 Å². The molecular weight excluding hydrogens is 199 g/mol. The van der Waals surface area contributed by atoms with Gasteiger partial charge in [-0.1, -0.05) is 30.3 Å². The first kappa shape index (κ1) is 8.99. The molecule has 0 bridgehead atoms. The molecule has 0 spiro atoms. The predicted octanol–water partition coefficient (Wildman–Crippen LogP) is 3.59. The monoisotopic (exact) mass is 206 g/mol. The van der Waals surface area contributed by atoms with E-state index in [4.69, 9.17) is 11.6 Å². The lowest BCUT2D eigenvalue weighted by Crippen LogP contribution is -1.69. The summed E-state index contributed by atoms with van der Waals surface area (Å²) in [5.74, 6) is 0. The van der Waals surface area contributed by atoms with Crippen LogP contribution in [-0.2, 0) is 0 Å². The van der Waals surface area contributed by atoms with E-state index in [-0.39, 0.29) is 0 Å². The van der Waals surface area contributed by atoms with Crippen LogP contribution >= 0.6 is 27.5 Å². The highest BCUT2D eigenvalue weighted by Gasteiger charge is 1.91. The van der Waals surface area contributed by atoms with Gasteiger partial charge in [0.25, 0.3) is 0 Å². The summed E-state index contributed by atoms with van der Waals surface area (Å²) in [6.45, 7) is 9.08. The van der Waals surface area contributed by atoms with E-state index in [0.717, 1.165) is 10.1 Å². The molecule has 0 rings (SSSR count). The highest BCUT2D eigenvalue weighted by atomic mass is 79.9. The fourth-order valence-electron chi connectivity index (χ4n) is 0.295. The van der Waals surface area contributed by atoms with Crippen LogP contribution in [0.25, 0.3) is 0 Å². The van der Waals surface area contributed by atoms with Gasteiger partial charge in [0.05, 0.1) is 0 Å². The van der Waals surface area contributed by atoms with Gasteiger partial charge >= 0.3 is 0 Å². The van der Waals surface area contributed by atoms with Crippen LogP contribution in [0.15, 0.2) is 34.3 Å². The Morgan fingerprint density at radius 2 is 2.00 bits per heavy atom. The van der Waals surface area contributed by atoms with Crippen LogP contribution in [0.3, 0.4) is 0 Å². The largest absolute Gasteiger partial charge is 0.0961 e. The van der Waals surface area contributed by atoms with Gasteiger partial charge in [-0.3, -0.25) is 0 Å². The molecule has 0 aromatic carbocycles. The molecule has 0 aromatic rings. The summed E-state index contributed by atoms with van der Waals surface area (Å²) in [5, 5.41) is 0.498. The molecule has 50 valence electrons. The maximum Gasteiger partial charge on any atom is 0.0476 e. The van der Waals surface area contributed by atoms with E-state index >= 15 is 0 Å². The first-order valence-electron chi connectivity index (χ1n) is 2.41. The average molecular weight is 207 g/mol. The fraction of sp³-hybridized carbons (Fsp3) is 0.143. The van der Waals surface area contributed by atoms with Crippen molar-refractivity contribution in [3.05, 3.63) is 34.3 Å². The molecule has 2 heteroatoms. The Bertz CT molecular complexity index is 168. The molecule has 9 heavy (non-hydrogen) atoms. The first-order chi connectivity index (χ1) is 4.04. The number of halogens is 2. The van der Waals surface area contributed by atoms with Crippen LogP contribution in [0.4, 0.5) is 0 Å². The van der Waals surface area contributed by atoms with E-state index in [9.17, 15) is 0 Å². The van der Waals surface area contributed by atoms with Gasteiger partial charge in [-0.05, 0) is 28.9 Å². The SMILES string of the molecule is C=C(C)/C=C(/Br)C(=C)Cl. The minimum atomic E-state index is 0.498. The van der Waals surface area contributed by atoms with Crippen molar-refractivity contribution in [1.29, 1.82) is 0 Å². The molecule has 0 atom stereocenters. The second-order valence-corrected chi connectivity index (χ2v) is 3.05. The molecule has 0 unspecified atom stereocenters. The Labute approximate surface area is 69.0 Å². The third kappa shape index (κ3) is 4.49. The lowest BCUT2D eigenvalue weighted by atomic mass is 10.3. The van der Waals surface area contributed by atoms with Crippen LogP contribution in [0, 0.1) is 0 Å². The summed E-state index contributed by atoms with van der Waals surface area (Å²) in [6.07, 6.45) is 1.81. The molecule has 0 amide bonds. The molecule has 0 N–H and O–H groups in total. The van der Waals surface area contributed by atoms with Gasteiger partial charge < -0.3 is 0 Å². The zero-order valence-electron chi connectivity index (χ0n) is 5.25. The van der Waals surface area contributed by atoms with Gasteiger partial charge in [0.2, 0.25) is 0 Å². The Hall–Kier alpha value is -0.0100. The Balaban J connectivity index is 4.17. The Kier molecular flexibility index (Phi) is 3.91. The number of hydrogen-bond donors (Lipinski definition) is 0. The number of rotatable bonds is 2. The minimum absolute atomic E-state index is 0.498. The van der Waals surface area contributed by atoms with Crippen molar-refractivity contribution < 1.29 is 0 Å². The standard InChI is InChI=1S/C7H8BrCl/c1-5(2)4-7(8)6(3)9/h4H,1,3H2,2H3/b7-4+. The van der Waals surface area contributed by atoms with Gasteiger partial charge in [0.1, 0.15) is 0 Å². The molecule has 0 saturated carbocycles. The molecule has 0 heterocycles. The van der Waals surface area contributed by atoms with Gasteiger partial charge in [-0.15, -0.1) is 0 Å². The second-order valence-electron chi connectivity index (χ2n) is 1.74. The number of allylic oxidation sites excluding steroid dienone is 4. The zero-order chi connectivity index (χ0) is 7.44. The van der Waals surface area contributed by atoms with Crippen LogP contribution in [-0.4, -0.2) is 0 Å². The Morgan fingerprint density at radius 1 is 1.56 bits per heavy atom. The van der Waals surface area contributed by atoms with Crippen LogP contribution in [0.5, 0.6) is 0 Å². The normalized spacial score (nSPS) is 11.2. The summed E-state index contributed by atoms with van der Waals surface area (Å²) in [7, 11) is 0. The molecular formula is C7H8BrCl. The molecule has 0 saturated heterocycles. The molecule has 0 aliphatic rings. The smallest absolute Gasteiger partial charge is 0.0476 e. The summed E-state index contributed by atoms with van der Waals surface area (Å²) in [6, 6.07) is 0. The third-order valence-electron chi connectivity index (χ3n) is 0.632. The Morgan fingerprint density at radius 3 is 2.11 bits per heavy atom. The second kappa shape index (κ2) is 3.91. The van der Waals surface area contributed by atoms with Crippen LogP contribution in [0.1, 0.15) is 6.92 Å². The summed E-state index contributed by atoms with van der Waals surface area (Å²) < 4.78 is 0.789.